The lowest BCUT2D eigenvalue weighted by Gasteiger charge is -2.16. The number of aromatic nitrogens is 1. The molecule has 1 amide bonds. The Kier molecular flexibility index (Phi) is 4.92. The summed E-state index contributed by atoms with van der Waals surface area (Å²) < 4.78 is 0. The zero-order valence-corrected chi connectivity index (χ0v) is 10.0. The lowest BCUT2D eigenvalue weighted by Crippen LogP contribution is -2.36. The van der Waals surface area contributed by atoms with Crippen LogP contribution in [0.25, 0.3) is 0 Å². The molecule has 1 aromatic rings. The summed E-state index contributed by atoms with van der Waals surface area (Å²) in [5.74, 6) is 0.0173. The van der Waals surface area contributed by atoms with Gasteiger partial charge in [-0.3, -0.25) is 9.78 Å². The van der Waals surface area contributed by atoms with Gasteiger partial charge in [0, 0.05) is 18.7 Å². The second-order valence-electron chi connectivity index (χ2n) is 3.94. The van der Waals surface area contributed by atoms with Crippen molar-refractivity contribution in [3.8, 4) is 0 Å². The Morgan fingerprint density at radius 1 is 1.44 bits per heavy atom. The molecule has 1 aromatic heterocycles. The van der Waals surface area contributed by atoms with E-state index in [0.29, 0.717) is 6.54 Å². The van der Waals surface area contributed by atoms with Gasteiger partial charge >= 0.3 is 0 Å². The lowest BCUT2D eigenvalue weighted by molar-refractivity contribution is -0.125. The number of carbonyl (C=O) groups excluding carboxylic acids is 1. The number of nitrogens with zero attached hydrogens (tertiary/aromatic N) is 1. The lowest BCUT2D eigenvalue weighted by atomic mass is 10.1. The molecular formula is C12H19N3O. The first-order valence-corrected chi connectivity index (χ1v) is 5.51. The number of rotatable bonds is 5. The highest BCUT2D eigenvalue weighted by Crippen LogP contribution is 2.08. The molecule has 0 aliphatic rings. The minimum atomic E-state index is -0.0481. The summed E-state index contributed by atoms with van der Waals surface area (Å²) in [7, 11) is 1.84. The fraction of sp³-hybridized carbons (Fsp3) is 0.500. The average molecular weight is 221 g/mol. The van der Waals surface area contributed by atoms with Gasteiger partial charge in [-0.05, 0) is 26.1 Å². The Labute approximate surface area is 96.5 Å². The number of amides is 1. The number of hydrogen-bond donors (Lipinski definition) is 2. The monoisotopic (exact) mass is 221 g/mol. The number of nitrogens with one attached hydrogen (secondary N) is 2. The fourth-order valence-corrected chi connectivity index (χ4v) is 1.46. The second-order valence-corrected chi connectivity index (χ2v) is 3.94. The van der Waals surface area contributed by atoms with Crippen LogP contribution in [-0.2, 0) is 4.79 Å². The predicted octanol–water partition coefficient (Wildman–Crippen LogP) is 1.11. The molecule has 16 heavy (non-hydrogen) atoms. The number of pyridine rings is 1. The van der Waals surface area contributed by atoms with Crippen LogP contribution < -0.4 is 10.6 Å². The largest absolute Gasteiger partial charge is 0.348 e. The van der Waals surface area contributed by atoms with Crippen LogP contribution in [0, 0.1) is 5.92 Å². The Morgan fingerprint density at radius 3 is 2.75 bits per heavy atom. The maximum absolute atomic E-state index is 11.7. The van der Waals surface area contributed by atoms with Crippen molar-refractivity contribution in [3.63, 3.8) is 0 Å². The highest BCUT2D eigenvalue weighted by atomic mass is 16.1. The van der Waals surface area contributed by atoms with Crippen LogP contribution in [0.3, 0.4) is 0 Å². The maximum atomic E-state index is 11.7. The predicted molar refractivity (Wildman–Crippen MR) is 63.9 cm³/mol. The molecule has 2 atom stereocenters. The molecule has 0 aromatic carbocycles. The summed E-state index contributed by atoms with van der Waals surface area (Å²) in [6.45, 7) is 4.52. The molecule has 1 unspecified atom stereocenters. The molecule has 0 saturated heterocycles. The molecule has 0 spiro atoms. The van der Waals surface area contributed by atoms with E-state index in [-0.39, 0.29) is 17.9 Å². The zero-order valence-electron chi connectivity index (χ0n) is 10.0. The number of hydrogen-bond acceptors (Lipinski definition) is 3. The van der Waals surface area contributed by atoms with Gasteiger partial charge in [0.05, 0.1) is 11.7 Å². The van der Waals surface area contributed by atoms with Crippen molar-refractivity contribution in [2.75, 3.05) is 13.6 Å². The van der Waals surface area contributed by atoms with Crippen LogP contribution >= 0.6 is 0 Å². The van der Waals surface area contributed by atoms with Crippen molar-refractivity contribution >= 4 is 5.91 Å². The minimum absolute atomic E-state index is 0.0313. The van der Waals surface area contributed by atoms with Crippen molar-refractivity contribution in [3.05, 3.63) is 30.1 Å². The van der Waals surface area contributed by atoms with E-state index in [9.17, 15) is 4.79 Å². The SMILES string of the molecule is CNCC(C)C(=O)N[C@H](C)c1ccccn1. The van der Waals surface area contributed by atoms with Crippen LogP contribution in [-0.4, -0.2) is 24.5 Å². The third kappa shape index (κ3) is 3.62. The molecule has 1 rings (SSSR count). The third-order valence-corrected chi connectivity index (χ3v) is 2.45. The van der Waals surface area contributed by atoms with Gasteiger partial charge < -0.3 is 10.6 Å². The molecule has 2 N–H and O–H groups in total. The summed E-state index contributed by atoms with van der Waals surface area (Å²) in [5, 5.41) is 5.92. The molecule has 1 heterocycles. The summed E-state index contributed by atoms with van der Waals surface area (Å²) in [4.78, 5) is 15.9. The molecule has 4 nitrogen and oxygen atoms in total. The Bertz CT molecular complexity index is 326. The third-order valence-electron chi connectivity index (χ3n) is 2.45. The van der Waals surface area contributed by atoms with Gasteiger partial charge in [0.2, 0.25) is 5.91 Å². The smallest absolute Gasteiger partial charge is 0.224 e. The van der Waals surface area contributed by atoms with Crippen molar-refractivity contribution in [1.82, 2.24) is 15.6 Å². The van der Waals surface area contributed by atoms with Gasteiger partial charge in [-0.2, -0.15) is 0 Å². The molecule has 4 heteroatoms. The topological polar surface area (TPSA) is 54.0 Å². The zero-order chi connectivity index (χ0) is 12.0. The summed E-state index contributed by atoms with van der Waals surface area (Å²) in [6.07, 6.45) is 1.73. The molecule has 0 saturated carbocycles. The molecule has 0 aliphatic heterocycles. The van der Waals surface area contributed by atoms with E-state index < -0.39 is 0 Å². The van der Waals surface area contributed by atoms with Gasteiger partial charge in [0.1, 0.15) is 0 Å². The van der Waals surface area contributed by atoms with E-state index in [0.717, 1.165) is 5.69 Å². The highest BCUT2D eigenvalue weighted by Gasteiger charge is 2.15. The average Bonchev–Trinajstić information content (AvgIpc) is 2.30. The van der Waals surface area contributed by atoms with Crippen LogP contribution in [0.5, 0.6) is 0 Å². The Morgan fingerprint density at radius 2 is 2.19 bits per heavy atom. The number of carbonyl (C=O) groups is 1. The van der Waals surface area contributed by atoms with Crippen LogP contribution in [0.15, 0.2) is 24.4 Å². The first-order chi connectivity index (χ1) is 7.65. The summed E-state index contributed by atoms with van der Waals surface area (Å²) in [6, 6.07) is 5.64. The summed E-state index contributed by atoms with van der Waals surface area (Å²) in [5.41, 5.74) is 0.882. The first-order valence-electron chi connectivity index (χ1n) is 5.51. The minimum Gasteiger partial charge on any atom is -0.348 e. The Balaban J connectivity index is 2.51. The van der Waals surface area contributed by atoms with Crippen LogP contribution in [0.1, 0.15) is 25.6 Å². The molecule has 0 radical (unpaired) electrons. The van der Waals surface area contributed by atoms with Crippen molar-refractivity contribution < 1.29 is 4.79 Å². The van der Waals surface area contributed by atoms with Crippen molar-refractivity contribution in [2.45, 2.75) is 19.9 Å². The van der Waals surface area contributed by atoms with E-state index in [1.54, 1.807) is 6.20 Å². The standard InChI is InChI=1S/C12H19N3O/c1-9(8-13-3)12(16)15-10(2)11-6-4-5-7-14-11/h4-7,9-10,13H,8H2,1-3H3,(H,15,16)/t9?,10-/m1/s1. The molecule has 0 bridgehead atoms. The van der Waals surface area contributed by atoms with Crippen LogP contribution in [0.2, 0.25) is 0 Å². The van der Waals surface area contributed by atoms with E-state index in [4.69, 9.17) is 0 Å². The van der Waals surface area contributed by atoms with Crippen molar-refractivity contribution in [2.24, 2.45) is 5.92 Å². The van der Waals surface area contributed by atoms with E-state index in [2.05, 4.69) is 15.6 Å². The van der Waals surface area contributed by atoms with Gasteiger partial charge in [-0.15, -0.1) is 0 Å². The molecule has 0 aliphatic carbocycles. The normalized spacial score (nSPS) is 14.2. The van der Waals surface area contributed by atoms with Crippen molar-refractivity contribution in [1.29, 1.82) is 0 Å². The first kappa shape index (κ1) is 12.6. The Hall–Kier alpha value is -1.42. The maximum Gasteiger partial charge on any atom is 0.224 e. The molecule has 88 valence electrons. The van der Waals surface area contributed by atoms with Gasteiger partial charge in [-0.25, -0.2) is 0 Å². The fourth-order valence-electron chi connectivity index (χ4n) is 1.46. The van der Waals surface area contributed by atoms with E-state index in [1.165, 1.54) is 0 Å². The highest BCUT2D eigenvalue weighted by molar-refractivity contribution is 5.78. The van der Waals surface area contributed by atoms with Crippen LogP contribution in [0.4, 0.5) is 0 Å². The molecular weight excluding hydrogens is 202 g/mol. The quantitative estimate of drug-likeness (QED) is 0.783. The van der Waals surface area contributed by atoms with E-state index >= 15 is 0 Å². The van der Waals surface area contributed by atoms with Gasteiger partial charge in [0.25, 0.3) is 0 Å². The van der Waals surface area contributed by atoms with Gasteiger partial charge in [0.15, 0.2) is 0 Å². The second kappa shape index (κ2) is 6.23. The summed E-state index contributed by atoms with van der Waals surface area (Å²) >= 11 is 0. The van der Waals surface area contributed by atoms with Gasteiger partial charge in [-0.1, -0.05) is 13.0 Å². The van der Waals surface area contributed by atoms with E-state index in [1.807, 2.05) is 39.1 Å². The molecule has 0 fully saturated rings.